The molecule has 1 aromatic carbocycles. The molecule has 5 heteroatoms. The summed E-state index contributed by atoms with van der Waals surface area (Å²) in [7, 11) is 0. The number of hydrogen-bond donors (Lipinski definition) is 2. The van der Waals surface area contributed by atoms with Crippen LogP contribution in [-0.4, -0.2) is 30.8 Å². The average molecular weight is 255 g/mol. The number of aromatic carboxylic acids is 1. The fraction of sp³-hybridized carbons (Fsp3) is 0.462. The van der Waals surface area contributed by atoms with Crippen LogP contribution in [0.1, 0.15) is 30.1 Å². The van der Waals surface area contributed by atoms with E-state index in [9.17, 15) is 9.18 Å². The van der Waals surface area contributed by atoms with Gasteiger partial charge in [0.05, 0.1) is 5.56 Å². The van der Waals surface area contributed by atoms with Crippen LogP contribution in [0.3, 0.4) is 0 Å². The summed E-state index contributed by atoms with van der Waals surface area (Å²) in [4.78, 5) is 10.6. The van der Waals surface area contributed by atoms with Crippen molar-refractivity contribution in [1.82, 2.24) is 0 Å². The molecule has 0 atom stereocenters. The predicted molar refractivity (Wildman–Crippen MR) is 67.6 cm³/mol. The third-order valence-corrected chi connectivity index (χ3v) is 2.34. The lowest BCUT2D eigenvalue weighted by molar-refractivity contribution is 0.0692. The van der Waals surface area contributed by atoms with E-state index in [1.165, 1.54) is 12.1 Å². The number of hydrogen-bond acceptors (Lipinski definition) is 3. The number of ether oxygens (including phenoxy) is 1. The summed E-state index contributed by atoms with van der Waals surface area (Å²) in [5.41, 5.74) is 0.264. The summed E-state index contributed by atoms with van der Waals surface area (Å²) >= 11 is 0. The van der Waals surface area contributed by atoms with Crippen molar-refractivity contribution in [3.63, 3.8) is 0 Å². The van der Waals surface area contributed by atoms with Gasteiger partial charge in [0.2, 0.25) is 0 Å². The molecule has 18 heavy (non-hydrogen) atoms. The van der Waals surface area contributed by atoms with Crippen LogP contribution in [0.5, 0.6) is 0 Å². The van der Waals surface area contributed by atoms with Crippen LogP contribution in [0.4, 0.5) is 10.1 Å². The highest BCUT2D eigenvalue weighted by atomic mass is 19.1. The molecule has 0 amide bonds. The zero-order valence-corrected chi connectivity index (χ0v) is 10.4. The van der Waals surface area contributed by atoms with E-state index < -0.39 is 11.8 Å². The Morgan fingerprint density at radius 1 is 1.44 bits per heavy atom. The predicted octanol–water partition coefficient (Wildman–Crippen LogP) is 2.75. The summed E-state index contributed by atoms with van der Waals surface area (Å²) in [6, 6.07) is 4.00. The number of carboxylic acid groups (broad SMARTS) is 1. The molecule has 0 spiro atoms. The Kier molecular flexibility index (Phi) is 6.14. The van der Waals surface area contributed by atoms with E-state index in [2.05, 4.69) is 5.32 Å². The molecule has 1 aromatic rings. The third-order valence-electron chi connectivity index (χ3n) is 2.34. The van der Waals surface area contributed by atoms with Crippen molar-refractivity contribution in [2.75, 3.05) is 25.1 Å². The lowest BCUT2D eigenvalue weighted by atomic mass is 10.2. The summed E-state index contributed by atoms with van der Waals surface area (Å²) in [5.74, 6) is -1.98. The van der Waals surface area contributed by atoms with E-state index in [0.29, 0.717) is 18.8 Å². The highest BCUT2D eigenvalue weighted by molar-refractivity contribution is 5.88. The molecule has 4 nitrogen and oxygen atoms in total. The Bertz CT molecular complexity index is 396. The molecule has 0 saturated heterocycles. The highest BCUT2D eigenvalue weighted by Gasteiger charge is 2.09. The van der Waals surface area contributed by atoms with Crippen molar-refractivity contribution in [3.8, 4) is 0 Å². The van der Waals surface area contributed by atoms with Gasteiger partial charge in [-0.3, -0.25) is 0 Å². The number of anilines is 1. The molecule has 0 radical (unpaired) electrons. The monoisotopic (exact) mass is 255 g/mol. The fourth-order valence-corrected chi connectivity index (χ4v) is 1.45. The van der Waals surface area contributed by atoms with Crippen molar-refractivity contribution < 1.29 is 19.0 Å². The minimum Gasteiger partial charge on any atom is -0.478 e. The topological polar surface area (TPSA) is 58.6 Å². The van der Waals surface area contributed by atoms with Crippen LogP contribution in [0.15, 0.2) is 18.2 Å². The summed E-state index contributed by atoms with van der Waals surface area (Å²) in [6.07, 6.45) is 1.82. The number of benzene rings is 1. The van der Waals surface area contributed by atoms with Crippen molar-refractivity contribution >= 4 is 11.7 Å². The second kappa shape index (κ2) is 7.66. The molecule has 0 heterocycles. The first-order chi connectivity index (χ1) is 8.65. The van der Waals surface area contributed by atoms with Crippen LogP contribution in [0, 0.1) is 5.82 Å². The fourth-order valence-electron chi connectivity index (χ4n) is 1.45. The third kappa shape index (κ3) is 4.71. The Morgan fingerprint density at radius 3 is 2.83 bits per heavy atom. The Labute approximate surface area is 106 Å². The Morgan fingerprint density at radius 2 is 2.22 bits per heavy atom. The minimum atomic E-state index is -1.26. The molecule has 0 aliphatic rings. The lowest BCUT2D eigenvalue weighted by Gasteiger charge is -2.07. The van der Waals surface area contributed by atoms with Crippen LogP contribution in [0.25, 0.3) is 0 Å². The van der Waals surface area contributed by atoms with Crippen molar-refractivity contribution in [2.24, 2.45) is 0 Å². The van der Waals surface area contributed by atoms with E-state index in [4.69, 9.17) is 9.84 Å². The zero-order valence-electron chi connectivity index (χ0n) is 10.4. The molecule has 1 rings (SSSR count). The van der Waals surface area contributed by atoms with Gasteiger partial charge in [-0.1, -0.05) is 6.92 Å². The highest BCUT2D eigenvalue weighted by Crippen LogP contribution is 2.14. The molecule has 0 aliphatic heterocycles. The second-order valence-corrected chi connectivity index (χ2v) is 3.89. The van der Waals surface area contributed by atoms with E-state index in [1.54, 1.807) is 6.07 Å². The van der Waals surface area contributed by atoms with E-state index in [1.807, 2.05) is 6.92 Å². The Balaban J connectivity index is 2.35. The van der Waals surface area contributed by atoms with Crippen LogP contribution < -0.4 is 5.32 Å². The van der Waals surface area contributed by atoms with Crippen LogP contribution in [-0.2, 0) is 4.74 Å². The van der Waals surface area contributed by atoms with E-state index in [-0.39, 0.29) is 5.56 Å². The largest absolute Gasteiger partial charge is 0.478 e. The smallest absolute Gasteiger partial charge is 0.338 e. The summed E-state index contributed by atoms with van der Waals surface area (Å²) in [5, 5.41) is 11.7. The van der Waals surface area contributed by atoms with Gasteiger partial charge < -0.3 is 15.2 Å². The van der Waals surface area contributed by atoms with Gasteiger partial charge in [0, 0.05) is 25.4 Å². The standard InChI is InChI=1S/C13H18FNO3/c1-2-7-18-8-3-6-15-10-4-5-11(13(16)17)12(14)9-10/h4-5,9,15H,2-3,6-8H2,1H3,(H,16,17). The van der Waals surface area contributed by atoms with Crippen molar-refractivity contribution in [3.05, 3.63) is 29.6 Å². The molecular weight excluding hydrogens is 237 g/mol. The van der Waals surface area contributed by atoms with Crippen LogP contribution in [0.2, 0.25) is 0 Å². The van der Waals surface area contributed by atoms with Gasteiger partial charge in [-0.15, -0.1) is 0 Å². The number of carbonyl (C=O) groups is 1. The first-order valence-corrected chi connectivity index (χ1v) is 5.99. The minimum absolute atomic E-state index is 0.313. The molecule has 0 saturated carbocycles. The van der Waals surface area contributed by atoms with Crippen molar-refractivity contribution in [2.45, 2.75) is 19.8 Å². The van der Waals surface area contributed by atoms with E-state index >= 15 is 0 Å². The average Bonchev–Trinajstić information content (AvgIpc) is 2.33. The molecule has 2 N–H and O–H groups in total. The first kappa shape index (κ1) is 14.4. The van der Waals surface area contributed by atoms with Gasteiger partial charge in [0.25, 0.3) is 0 Å². The number of carboxylic acids is 1. The summed E-state index contributed by atoms with van der Waals surface area (Å²) < 4.78 is 18.6. The SMILES string of the molecule is CCCOCCCNc1ccc(C(=O)O)c(F)c1. The van der Waals surface area contributed by atoms with E-state index in [0.717, 1.165) is 19.4 Å². The molecule has 0 aromatic heterocycles. The molecule has 0 bridgehead atoms. The normalized spacial score (nSPS) is 10.3. The van der Waals surface area contributed by atoms with Gasteiger partial charge >= 0.3 is 5.97 Å². The second-order valence-electron chi connectivity index (χ2n) is 3.89. The molecule has 0 aliphatic carbocycles. The number of halogens is 1. The van der Waals surface area contributed by atoms with Crippen molar-refractivity contribution in [1.29, 1.82) is 0 Å². The quantitative estimate of drug-likeness (QED) is 0.701. The van der Waals surface area contributed by atoms with Crippen LogP contribution >= 0.6 is 0 Å². The molecular formula is C13H18FNO3. The zero-order chi connectivity index (χ0) is 13.4. The number of nitrogens with one attached hydrogen (secondary N) is 1. The first-order valence-electron chi connectivity index (χ1n) is 5.99. The van der Waals surface area contributed by atoms with Gasteiger partial charge in [-0.05, 0) is 31.0 Å². The number of rotatable bonds is 8. The Hall–Kier alpha value is -1.62. The molecule has 0 fully saturated rings. The van der Waals surface area contributed by atoms with Gasteiger partial charge in [-0.2, -0.15) is 0 Å². The maximum atomic E-state index is 13.3. The van der Waals surface area contributed by atoms with Gasteiger partial charge in [0.1, 0.15) is 5.82 Å². The maximum Gasteiger partial charge on any atom is 0.338 e. The summed E-state index contributed by atoms with van der Waals surface area (Å²) in [6.45, 7) is 4.12. The maximum absolute atomic E-state index is 13.3. The van der Waals surface area contributed by atoms with Gasteiger partial charge in [0.15, 0.2) is 0 Å². The lowest BCUT2D eigenvalue weighted by Crippen LogP contribution is -2.07. The molecule has 100 valence electrons. The van der Waals surface area contributed by atoms with Gasteiger partial charge in [-0.25, -0.2) is 9.18 Å². The molecule has 0 unspecified atom stereocenters.